The molecule has 6 nitrogen and oxygen atoms in total. The number of thiophene rings is 1. The van der Waals surface area contributed by atoms with Gasteiger partial charge in [0.15, 0.2) is 11.5 Å². The third kappa shape index (κ3) is 8.81. The van der Waals surface area contributed by atoms with Gasteiger partial charge in [0.25, 0.3) is 0 Å². The summed E-state index contributed by atoms with van der Waals surface area (Å²) in [5, 5.41) is 16.7. The zero-order valence-electron chi connectivity index (χ0n) is 27.5. The molecule has 0 radical (unpaired) electrons. The number of rotatable bonds is 18. The second-order valence-electron chi connectivity index (χ2n) is 12.8. The smallest absolute Gasteiger partial charge is 0.189 e. The van der Waals surface area contributed by atoms with Crippen molar-refractivity contribution in [3.8, 4) is 17.1 Å². The molecule has 1 aromatic carbocycles. The maximum atomic E-state index is 5.63. The number of unbranched alkanes of at least 4 members (excludes halogenated alkanes) is 10. The van der Waals surface area contributed by atoms with Crippen LogP contribution >= 0.6 is 11.3 Å². The molecule has 3 aromatic heterocycles. The van der Waals surface area contributed by atoms with Crippen LogP contribution in [0, 0.1) is 0 Å². The highest BCUT2D eigenvalue weighted by molar-refractivity contribution is 7.16. The molecule has 43 heavy (non-hydrogen) atoms. The molecule has 3 heterocycles. The van der Waals surface area contributed by atoms with Gasteiger partial charge in [0.1, 0.15) is 5.75 Å². The lowest BCUT2D eigenvalue weighted by molar-refractivity contribution is 0.416. The summed E-state index contributed by atoms with van der Waals surface area (Å²) in [4.78, 5) is 3.87. The summed E-state index contributed by atoms with van der Waals surface area (Å²) < 4.78 is 7.52. The summed E-state index contributed by atoms with van der Waals surface area (Å²) in [5.41, 5.74) is 2.56. The molecule has 0 amide bonds. The van der Waals surface area contributed by atoms with E-state index in [2.05, 4.69) is 67.9 Å². The van der Waals surface area contributed by atoms with Gasteiger partial charge in [-0.1, -0.05) is 111 Å². The van der Waals surface area contributed by atoms with Gasteiger partial charge in [-0.3, -0.25) is 0 Å². The Bertz CT molecular complexity index is 1430. The van der Waals surface area contributed by atoms with Crippen LogP contribution in [0.3, 0.4) is 0 Å². The monoisotopic (exact) mass is 603 g/mol. The zero-order chi connectivity index (χ0) is 30.7. The van der Waals surface area contributed by atoms with E-state index in [0.29, 0.717) is 5.82 Å². The van der Waals surface area contributed by atoms with E-state index < -0.39 is 0 Å². The van der Waals surface area contributed by atoms with Crippen LogP contribution in [0.25, 0.3) is 23.1 Å². The number of para-hydroxylation sites is 1. The molecule has 0 aliphatic rings. The second-order valence-corrected chi connectivity index (χ2v) is 13.9. The quantitative estimate of drug-likeness (QED) is 0.106. The summed E-state index contributed by atoms with van der Waals surface area (Å²) >= 11 is 1.89. The van der Waals surface area contributed by atoms with Crippen LogP contribution in [-0.2, 0) is 5.41 Å². The van der Waals surface area contributed by atoms with Crippen LogP contribution in [0.2, 0.25) is 0 Å². The Balaban J connectivity index is 1.60. The fourth-order valence-electron chi connectivity index (χ4n) is 5.72. The molecular weight excluding hydrogens is 550 g/mol. The summed E-state index contributed by atoms with van der Waals surface area (Å²) in [6.45, 7) is 13.5. The van der Waals surface area contributed by atoms with Crippen LogP contribution in [-0.4, -0.2) is 40.0 Å². The third-order valence-corrected chi connectivity index (χ3v) is 9.26. The van der Waals surface area contributed by atoms with Crippen LogP contribution in [0.1, 0.15) is 122 Å². The first-order valence-corrected chi connectivity index (χ1v) is 17.4. The normalized spacial score (nSPS) is 12.5. The van der Waals surface area contributed by atoms with Crippen LogP contribution in [0.15, 0.2) is 36.4 Å². The highest BCUT2D eigenvalue weighted by atomic mass is 32.1. The standard InChI is InChI=1S/C36H53N5OS/c1-7-9-11-13-15-19-25-40(26-20-16-14-12-10-8-2)32-24-23-28(43-32)27-30-33(36(3,4)5)39-41-34(37-38-35(30)41)29-21-17-18-22-31(29)42-6/h17-18,21-24,27H,7-16,19-20,25-26H2,1-6H3/b30-27+. The molecular formula is C36H53N5OS. The van der Waals surface area contributed by atoms with E-state index in [4.69, 9.17) is 9.84 Å². The molecule has 0 spiro atoms. The van der Waals surface area contributed by atoms with Crippen molar-refractivity contribution >= 4 is 28.1 Å². The molecule has 0 saturated carbocycles. The molecule has 4 aromatic rings. The van der Waals surface area contributed by atoms with Crippen LogP contribution in [0.4, 0.5) is 5.00 Å². The Hall–Kier alpha value is -2.93. The number of nitrogens with zero attached hydrogens (tertiary/aromatic N) is 5. The summed E-state index contributed by atoms with van der Waals surface area (Å²) in [6, 6.07) is 12.5. The van der Waals surface area contributed by atoms with Crippen molar-refractivity contribution in [3.63, 3.8) is 0 Å². The van der Waals surface area contributed by atoms with Gasteiger partial charge in [0.2, 0.25) is 0 Å². The Morgan fingerprint density at radius 2 is 1.44 bits per heavy atom. The van der Waals surface area contributed by atoms with Gasteiger partial charge < -0.3 is 9.64 Å². The first-order valence-electron chi connectivity index (χ1n) is 16.6. The lowest BCUT2D eigenvalue weighted by Gasteiger charge is -2.23. The van der Waals surface area contributed by atoms with E-state index in [1.807, 2.05) is 40.1 Å². The number of methoxy groups -OCH3 is 1. The van der Waals surface area contributed by atoms with Gasteiger partial charge in [-0.2, -0.15) is 9.61 Å². The predicted octanol–water partition coefficient (Wildman–Crippen LogP) is 9.23. The van der Waals surface area contributed by atoms with Crippen molar-refractivity contribution < 1.29 is 4.74 Å². The Morgan fingerprint density at radius 1 is 0.814 bits per heavy atom. The van der Waals surface area contributed by atoms with Gasteiger partial charge in [-0.15, -0.1) is 21.5 Å². The van der Waals surface area contributed by atoms with Gasteiger partial charge in [0, 0.05) is 28.6 Å². The molecule has 0 bridgehead atoms. The van der Waals surface area contributed by atoms with E-state index in [-0.39, 0.29) is 5.41 Å². The van der Waals surface area contributed by atoms with Crippen molar-refractivity contribution in [1.82, 2.24) is 19.8 Å². The number of hydrogen-bond acceptors (Lipinski definition) is 6. The molecule has 4 rings (SSSR count). The second kappa shape index (κ2) is 16.2. The largest absolute Gasteiger partial charge is 0.496 e. The average molecular weight is 604 g/mol. The van der Waals surface area contributed by atoms with Crippen LogP contribution in [0.5, 0.6) is 5.75 Å². The molecule has 0 aliphatic carbocycles. The molecule has 0 saturated heterocycles. The lowest BCUT2D eigenvalue weighted by atomic mass is 9.91. The van der Waals surface area contributed by atoms with E-state index >= 15 is 0 Å². The topological polar surface area (TPSA) is 55.6 Å². The number of aromatic nitrogens is 4. The number of hydrogen-bond donors (Lipinski definition) is 0. The van der Waals surface area contributed by atoms with Gasteiger partial charge in [-0.05, 0) is 43.2 Å². The van der Waals surface area contributed by atoms with Crippen molar-refractivity contribution in [2.45, 2.75) is 117 Å². The Kier molecular flexibility index (Phi) is 12.4. The van der Waals surface area contributed by atoms with Gasteiger partial charge in [-0.25, -0.2) is 0 Å². The molecule has 234 valence electrons. The maximum absolute atomic E-state index is 5.63. The highest BCUT2D eigenvalue weighted by Crippen LogP contribution is 2.31. The minimum absolute atomic E-state index is 0.147. The third-order valence-electron chi connectivity index (χ3n) is 8.17. The average Bonchev–Trinajstić information content (AvgIpc) is 3.72. The Morgan fingerprint density at radius 3 is 2.07 bits per heavy atom. The molecule has 0 atom stereocenters. The predicted molar refractivity (Wildman–Crippen MR) is 184 cm³/mol. The van der Waals surface area contributed by atoms with E-state index in [1.54, 1.807) is 7.11 Å². The molecule has 0 fully saturated rings. The van der Waals surface area contributed by atoms with E-state index in [9.17, 15) is 0 Å². The lowest BCUT2D eigenvalue weighted by Crippen LogP contribution is -2.24. The van der Waals surface area contributed by atoms with Gasteiger partial charge >= 0.3 is 0 Å². The minimum Gasteiger partial charge on any atom is -0.496 e. The van der Waals surface area contributed by atoms with Crippen molar-refractivity contribution in [1.29, 1.82) is 0 Å². The van der Waals surface area contributed by atoms with Gasteiger partial charge in [0.05, 0.1) is 23.4 Å². The van der Waals surface area contributed by atoms with Crippen molar-refractivity contribution in [2.75, 3.05) is 25.1 Å². The summed E-state index contributed by atoms with van der Waals surface area (Å²) in [7, 11) is 1.69. The maximum Gasteiger partial charge on any atom is 0.189 e. The van der Waals surface area contributed by atoms with Crippen molar-refractivity contribution in [2.24, 2.45) is 0 Å². The first kappa shape index (κ1) is 33.0. The molecule has 0 aliphatic heterocycles. The van der Waals surface area contributed by atoms with Crippen LogP contribution < -0.4 is 14.9 Å². The SMILES string of the molecule is CCCCCCCCN(CCCCCCCC)c1ccc(/C=c2\c(C(C)(C)C)nn3c(-c4ccccc4OC)nnc23)s1. The Labute approximate surface area is 263 Å². The number of anilines is 1. The zero-order valence-corrected chi connectivity index (χ0v) is 28.3. The number of fused-ring (bicyclic) bond motifs is 1. The fourth-order valence-corrected chi connectivity index (χ4v) is 6.72. The highest BCUT2D eigenvalue weighted by Gasteiger charge is 2.25. The minimum atomic E-state index is -0.147. The fraction of sp³-hybridized carbons (Fsp3) is 0.583. The molecule has 0 unspecified atom stereocenters. The first-order chi connectivity index (χ1) is 20.9. The number of benzene rings is 1. The van der Waals surface area contributed by atoms with E-state index in [1.165, 1.54) is 86.9 Å². The van der Waals surface area contributed by atoms with E-state index in [0.717, 1.165) is 41.0 Å². The van der Waals surface area contributed by atoms with Crippen molar-refractivity contribution in [3.05, 3.63) is 52.2 Å². The summed E-state index contributed by atoms with van der Waals surface area (Å²) in [6.07, 6.45) is 18.2. The summed E-state index contributed by atoms with van der Waals surface area (Å²) in [5.74, 6) is 1.47. The number of ether oxygens (including phenoxy) is 1. The molecule has 7 heteroatoms. The molecule has 0 N–H and O–H groups in total.